The summed E-state index contributed by atoms with van der Waals surface area (Å²) in [5, 5.41) is 13.0. The first-order valence-electron chi connectivity index (χ1n) is 10.0. The first kappa shape index (κ1) is 23.9. The molecule has 0 aliphatic heterocycles. The van der Waals surface area contributed by atoms with Gasteiger partial charge in [0.1, 0.15) is 17.2 Å². The quantitative estimate of drug-likeness (QED) is 0.346. The Labute approximate surface area is 202 Å². The molecule has 12 heteroatoms. The van der Waals surface area contributed by atoms with E-state index in [1.165, 1.54) is 29.1 Å². The summed E-state index contributed by atoms with van der Waals surface area (Å²) in [5.74, 6) is -0.169. The maximum absolute atomic E-state index is 13.0. The van der Waals surface area contributed by atoms with E-state index < -0.39 is 24.1 Å². The summed E-state index contributed by atoms with van der Waals surface area (Å²) < 4.78 is 48.4. The molecule has 1 aliphatic rings. The molecule has 2 aromatic heterocycles. The van der Waals surface area contributed by atoms with E-state index >= 15 is 0 Å². The number of aryl methyl sites for hydroxylation is 1. The molecule has 1 N–H and O–H groups in total. The van der Waals surface area contributed by atoms with Gasteiger partial charge in [0, 0.05) is 17.2 Å². The number of nitriles is 1. The van der Waals surface area contributed by atoms with Crippen molar-refractivity contribution in [1.29, 1.82) is 5.26 Å². The van der Waals surface area contributed by atoms with E-state index in [0.29, 0.717) is 5.56 Å². The predicted octanol–water partition coefficient (Wildman–Crippen LogP) is 5.26. The van der Waals surface area contributed by atoms with Crippen molar-refractivity contribution in [2.24, 2.45) is 5.41 Å². The van der Waals surface area contributed by atoms with Crippen LogP contribution in [0.15, 0.2) is 47.5 Å². The smallest absolute Gasteiger partial charge is 0.397 e. The number of halogens is 4. The number of benzene rings is 1. The summed E-state index contributed by atoms with van der Waals surface area (Å²) in [6.07, 6.45) is -2.75. The minimum absolute atomic E-state index is 0.0319. The van der Waals surface area contributed by atoms with Gasteiger partial charge >= 0.3 is 6.18 Å². The Balaban J connectivity index is 1.39. The van der Waals surface area contributed by atoms with Crippen LogP contribution in [0.1, 0.15) is 34.3 Å². The number of amides is 1. The fourth-order valence-electron chi connectivity index (χ4n) is 3.10. The lowest BCUT2D eigenvalue weighted by atomic mass is 10.1. The Hall–Kier alpha value is -3.23. The molecule has 34 heavy (non-hydrogen) atoms. The molecule has 0 atom stereocenters. The number of hydrogen-bond acceptors (Lipinski definition) is 6. The van der Waals surface area contributed by atoms with Gasteiger partial charge < -0.3 is 4.74 Å². The van der Waals surface area contributed by atoms with Gasteiger partial charge in [0.25, 0.3) is 5.91 Å². The summed E-state index contributed by atoms with van der Waals surface area (Å²) >= 11 is 7.28. The van der Waals surface area contributed by atoms with Crippen molar-refractivity contribution in [2.45, 2.75) is 30.8 Å². The zero-order chi connectivity index (χ0) is 24.5. The van der Waals surface area contributed by atoms with Crippen LogP contribution in [0.3, 0.4) is 0 Å². The van der Waals surface area contributed by atoms with E-state index in [-0.39, 0.29) is 35.3 Å². The first-order valence-corrected chi connectivity index (χ1v) is 11.2. The molecule has 0 saturated heterocycles. The standard InChI is InChI=1S/C22H17ClF3N5O2S/c1-13-10-14(11-27)2-4-16(13)34-30-20(32)15-3-5-17(28-19(15)23)31-9-6-18(29-31)33-12-21(7-8-21)22(24,25)26/h2-6,9-10H,7-8,12H2,1H3,(H,30,32). The first-order chi connectivity index (χ1) is 16.1. The Morgan fingerprint density at radius 2 is 2.09 bits per heavy atom. The van der Waals surface area contributed by atoms with Crippen molar-refractivity contribution in [3.63, 3.8) is 0 Å². The summed E-state index contributed by atoms with van der Waals surface area (Å²) in [7, 11) is 0. The molecule has 0 bridgehead atoms. The van der Waals surface area contributed by atoms with Crippen LogP contribution in [-0.2, 0) is 0 Å². The highest BCUT2D eigenvalue weighted by atomic mass is 35.5. The second-order valence-electron chi connectivity index (χ2n) is 7.80. The molecular formula is C22H17ClF3N5O2S. The zero-order valence-corrected chi connectivity index (χ0v) is 19.3. The van der Waals surface area contributed by atoms with Gasteiger partial charge in [-0.05, 0) is 67.6 Å². The molecule has 0 radical (unpaired) electrons. The summed E-state index contributed by atoms with van der Waals surface area (Å²) in [4.78, 5) is 17.5. The third kappa shape index (κ3) is 4.98. The number of nitrogens with one attached hydrogen (secondary N) is 1. The number of carbonyl (C=O) groups is 1. The number of alkyl halides is 3. The average molecular weight is 508 g/mol. The van der Waals surface area contributed by atoms with Gasteiger partial charge in [-0.2, -0.15) is 18.4 Å². The molecule has 1 amide bonds. The van der Waals surface area contributed by atoms with Crippen LogP contribution < -0.4 is 9.46 Å². The van der Waals surface area contributed by atoms with Crippen LogP contribution in [0.25, 0.3) is 5.82 Å². The number of ether oxygens (including phenoxy) is 1. The maximum Gasteiger partial charge on any atom is 0.397 e. The molecule has 1 aliphatic carbocycles. The van der Waals surface area contributed by atoms with Crippen LogP contribution in [-0.4, -0.2) is 33.5 Å². The lowest BCUT2D eigenvalue weighted by Crippen LogP contribution is -2.30. The molecule has 7 nitrogen and oxygen atoms in total. The molecule has 1 fully saturated rings. The second kappa shape index (κ2) is 9.19. The molecule has 176 valence electrons. The van der Waals surface area contributed by atoms with Crippen LogP contribution in [0.5, 0.6) is 5.88 Å². The average Bonchev–Trinajstić information content (AvgIpc) is 3.46. The van der Waals surface area contributed by atoms with Gasteiger partial charge in [-0.1, -0.05) is 11.6 Å². The van der Waals surface area contributed by atoms with E-state index in [2.05, 4.69) is 20.9 Å². The van der Waals surface area contributed by atoms with Crippen molar-refractivity contribution < 1.29 is 22.7 Å². The highest BCUT2D eigenvalue weighted by Crippen LogP contribution is 2.57. The number of rotatable bonds is 7. The number of nitrogens with zero attached hydrogens (tertiary/aromatic N) is 4. The van der Waals surface area contributed by atoms with E-state index in [1.54, 1.807) is 18.2 Å². The molecule has 4 rings (SSSR count). The highest BCUT2D eigenvalue weighted by molar-refractivity contribution is 7.98. The SMILES string of the molecule is Cc1cc(C#N)ccc1SNC(=O)c1ccc(-n2ccc(OCC3(C(F)(F)F)CC3)n2)nc1Cl. The van der Waals surface area contributed by atoms with Crippen molar-refractivity contribution in [1.82, 2.24) is 19.5 Å². The van der Waals surface area contributed by atoms with E-state index in [1.807, 2.05) is 6.92 Å². The molecule has 0 unspecified atom stereocenters. The molecule has 0 spiro atoms. The fourth-order valence-corrected chi connectivity index (χ4v) is 4.00. The Morgan fingerprint density at radius 1 is 1.32 bits per heavy atom. The number of carbonyl (C=O) groups excluding carboxylic acids is 1. The van der Waals surface area contributed by atoms with Gasteiger partial charge in [0.15, 0.2) is 5.82 Å². The molecule has 3 aromatic rings. The predicted molar refractivity (Wildman–Crippen MR) is 119 cm³/mol. The van der Waals surface area contributed by atoms with E-state index in [0.717, 1.165) is 22.4 Å². The zero-order valence-electron chi connectivity index (χ0n) is 17.7. The van der Waals surface area contributed by atoms with E-state index in [9.17, 15) is 18.0 Å². The van der Waals surface area contributed by atoms with Crippen LogP contribution in [0, 0.1) is 23.7 Å². The third-order valence-electron chi connectivity index (χ3n) is 5.39. The lowest BCUT2D eigenvalue weighted by molar-refractivity contribution is -0.194. The van der Waals surface area contributed by atoms with Gasteiger partial charge in [-0.25, -0.2) is 9.67 Å². The molecular weight excluding hydrogens is 491 g/mol. The van der Waals surface area contributed by atoms with Gasteiger partial charge in [-0.15, -0.1) is 5.10 Å². The summed E-state index contributed by atoms with van der Waals surface area (Å²) in [5.41, 5.74) is -0.297. The van der Waals surface area contributed by atoms with Gasteiger partial charge in [-0.3, -0.25) is 9.52 Å². The Kier molecular flexibility index (Phi) is 6.47. The monoisotopic (exact) mass is 507 g/mol. The normalized spacial score (nSPS) is 14.4. The maximum atomic E-state index is 13.0. The van der Waals surface area contributed by atoms with Crippen LogP contribution >= 0.6 is 23.5 Å². The molecule has 1 saturated carbocycles. The minimum atomic E-state index is -4.31. The largest absolute Gasteiger partial charge is 0.476 e. The van der Waals surface area contributed by atoms with Crippen molar-refractivity contribution in [3.05, 3.63) is 64.4 Å². The van der Waals surface area contributed by atoms with Crippen LogP contribution in [0.4, 0.5) is 13.2 Å². The minimum Gasteiger partial charge on any atom is -0.476 e. The van der Waals surface area contributed by atoms with Crippen molar-refractivity contribution in [2.75, 3.05) is 6.61 Å². The lowest BCUT2D eigenvalue weighted by Gasteiger charge is -2.18. The van der Waals surface area contributed by atoms with E-state index in [4.69, 9.17) is 21.6 Å². The summed E-state index contributed by atoms with van der Waals surface area (Å²) in [6, 6.07) is 11.6. The molecule has 1 aromatic carbocycles. The molecule has 2 heterocycles. The highest BCUT2D eigenvalue weighted by Gasteiger charge is 2.64. The van der Waals surface area contributed by atoms with Gasteiger partial charge in [0.05, 0.1) is 17.2 Å². The van der Waals surface area contributed by atoms with Gasteiger partial charge in [0.2, 0.25) is 5.88 Å². The van der Waals surface area contributed by atoms with Crippen molar-refractivity contribution in [3.8, 4) is 17.8 Å². The Bertz CT molecular complexity index is 1280. The van der Waals surface area contributed by atoms with Crippen molar-refractivity contribution >= 4 is 29.5 Å². The third-order valence-corrected chi connectivity index (χ3v) is 6.64. The van der Waals surface area contributed by atoms with Crippen LogP contribution in [0.2, 0.25) is 5.15 Å². The fraction of sp³-hybridized carbons (Fsp3) is 0.273. The number of pyridine rings is 1. The number of hydrogen-bond donors (Lipinski definition) is 1. The Morgan fingerprint density at radius 3 is 2.71 bits per heavy atom. The topological polar surface area (TPSA) is 92.8 Å². The number of aromatic nitrogens is 3. The summed E-state index contributed by atoms with van der Waals surface area (Å²) in [6.45, 7) is 1.34. The second-order valence-corrected chi connectivity index (χ2v) is 9.00.